The van der Waals surface area contributed by atoms with Crippen LogP contribution in [0.15, 0.2) is 41.6 Å². The van der Waals surface area contributed by atoms with Gasteiger partial charge in [0.2, 0.25) is 5.91 Å². The maximum Gasteiger partial charge on any atom is 0.224 e. The number of imidazole rings is 1. The summed E-state index contributed by atoms with van der Waals surface area (Å²) in [7, 11) is -1.86. The Morgan fingerprint density at radius 2 is 2.04 bits per heavy atom. The van der Waals surface area contributed by atoms with E-state index in [0.29, 0.717) is 19.6 Å². The smallest absolute Gasteiger partial charge is 0.224 e. The lowest BCUT2D eigenvalue weighted by atomic mass is 10.1. The summed E-state index contributed by atoms with van der Waals surface area (Å²) < 4.78 is 40.3. The maximum atomic E-state index is 13.1. The zero-order valence-corrected chi connectivity index (χ0v) is 17.3. The summed E-state index contributed by atoms with van der Waals surface area (Å²) in [5.41, 5.74) is 0. The molecule has 2 unspecified atom stereocenters. The third-order valence-electron chi connectivity index (χ3n) is 4.85. The Hall–Kier alpha value is -1.97. The fraction of sp³-hybridized carbons (Fsp3) is 0.444. The van der Waals surface area contributed by atoms with E-state index in [1.54, 1.807) is 11.1 Å². The maximum absolute atomic E-state index is 13.1. The molecule has 1 amide bonds. The van der Waals surface area contributed by atoms with Crippen molar-refractivity contribution in [3.8, 4) is 0 Å². The summed E-state index contributed by atoms with van der Waals surface area (Å²) in [5.74, 6) is 0.0173. The standard InChI is InChI=1S/C18H23FN4O3S.ClH/c1-13(27(25,26)15-5-3-14(19)4-6-15)11-17(24)23-10-7-20-12-16(23)18-21-8-9-22(18)2;/h3-6,8-9,13,16,20H,7,10-12H2,1-2H3;1H. The van der Waals surface area contributed by atoms with Gasteiger partial charge in [-0.3, -0.25) is 4.79 Å². The SMILES string of the molecule is CC(CC(=O)N1CCNCC1c1nccn1C)S(=O)(=O)c1ccc(F)cc1.Cl. The molecule has 3 rings (SSSR count). The van der Waals surface area contributed by atoms with Crippen molar-refractivity contribution in [3.05, 3.63) is 48.3 Å². The number of aromatic nitrogens is 2. The first-order valence-corrected chi connectivity index (χ1v) is 10.3. The van der Waals surface area contributed by atoms with Crippen LogP contribution in [0.1, 0.15) is 25.2 Å². The molecule has 154 valence electrons. The number of piperazine rings is 1. The van der Waals surface area contributed by atoms with Gasteiger partial charge in [0.15, 0.2) is 9.84 Å². The first kappa shape index (κ1) is 22.3. The van der Waals surface area contributed by atoms with Crippen molar-refractivity contribution >= 4 is 28.2 Å². The molecule has 2 atom stereocenters. The summed E-state index contributed by atoms with van der Waals surface area (Å²) in [4.78, 5) is 18.9. The summed E-state index contributed by atoms with van der Waals surface area (Å²) in [5, 5.41) is 2.34. The van der Waals surface area contributed by atoms with E-state index in [1.807, 2.05) is 17.8 Å². The fourth-order valence-electron chi connectivity index (χ4n) is 3.26. The van der Waals surface area contributed by atoms with Crippen LogP contribution >= 0.6 is 12.4 Å². The third kappa shape index (κ3) is 4.53. The first-order chi connectivity index (χ1) is 12.8. The largest absolute Gasteiger partial charge is 0.336 e. The van der Waals surface area contributed by atoms with E-state index in [9.17, 15) is 17.6 Å². The van der Waals surface area contributed by atoms with Crippen LogP contribution in [0.2, 0.25) is 0 Å². The Morgan fingerprint density at radius 1 is 1.36 bits per heavy atom. The molecular weight excluding hydrogens is 407 g/mol. The molecule has 2 aromatic rings. The number of nitrogens with zero attached hydrogens (tertiary/aromatic N) is 3. The van der Waals surface area contributed by atoms with E-state index in [4.69, 9.17) is 0 Å². The Kier molecular flexibility index (Phi) is 7.19. The molecular formula is C18H24ClFN4O3S. The highest BCUT2D eigenvalue weighted by Gasteiger charge is 2.33. The number of nitrogens with one attached hydrogen (secondary N) is 1. The molecule has 1 aromatic heterocycles. The van der Waals surface area contributed by atoms with Crippen LogP contribution in [-0.4, -0.2) is 53.7 Å². The normalized spacial score (nSPS) is 18.4. The Balaban J connectivity index is 0.00000280. The lowest BCUT2D eigenvalue weighted by Crippen LogP contribution is -2.50. The number of hydrogen-bond donors (Lipinski definition) is 1. The summed E-state index contributed by atoms with van der Waals surface area (Å²) >= 11 is 0. The zero-order valence-electron chi connectivity index (χ0n) is 15.7. The van der Waals surface area contributed by atoms with Crippen LogP contribution in [0, 0.1) is 5.82 Å². The minimum Gasteiger partial charge on any atom is -0.336 e. The number of benzene rings is 1. The van der Waals surface area contributed by atoms with Gasteiger partial charge in [-0.1, -0.05) is 0 Å². The molecule has 1 aliphatic rings. The van der Waals surface area contributed by atoms with Crippen molar-refractivity contribution in [2.24, 2.45) is 7.05 Å². The molecule has 28 heavy (non-hydrogen) atoms. The second-order valence-corrected chi connectivity index (χ2v) is 9.08. The lowest BCUT2D eigenvalue weighted by Gasteiger charge is -2.36. The number of carbonyl (C=O) groups is 1. The molecule has 1 N–H and O–H groups in total. The van der Waals surface area contributed by atoms with Crippen LogP contribution in [0.4, 0.5) is 4.39 Å². The molecule has 1 aliphatic heterocycles. The van der Waals surface area contributed by atoms with Crippen molar-refractivity contribution in [2.75, 3.05) is 19.6 Å². The molecule has 2 heterocycles. The predicted molar refractivity (Wildman–Crippen MR) is 105 cm³/mol. The van der Waals surface area contributed by atoms with E-state index >= 15 is 0 Å². The summed E-state index contributed by atoms with van der Waals surface area (Å²) in [6, 6.07) is 4.43. The van der Waals surface area contributed by atoms with Gasteiger partial charge in [-0.15, -0.1) is 12.4 Å². The van der Waals surface area contributed by atoms with Crippen LogP contribution < -0.4 is 5.32 Å². The number of sulfone groups is 1. The summed E-state index contributed by atoms with van der Waals surface area (Å²) in [6.45, 7) is 3.20. The van der Waals surface area contributed by atoms with Gasteiger partial charge in [-0.25, -0.2) is 17.8 Å². The van der Waals surface area contributed by atoms with Crippen molar-refractivity contribution < 1.29 is 17.6 Å². The number of halogens is 2. The number of aryl methyl sites for hydroxylation is 1. The van der Waals surface area contributed by atoms with E-state index in [2.05, 4.69) is 10.3 Å². The number of hydrogen-bond acceptors (Lipinski definition) is 5. The molecule has 0 saturated carbocycles. The number of amides is 1. The minimum atomic E-state index is -3.72. The molecule has 0 bridgehead atoms. The van der Waals surface area contributed by atoms with Gasteiger partial charge in [0.05, 0.1) is 10.1 Å². The molecule has 0 radical (unpaired) electrons. The fourth-order valence-corrected chi connectivity index (χ4v) is 4.60. The second kappa shape index (κ2) is 9.02. The number of carbonyl (C=O) groups excluding carboxylic acids is 1. The van der Waals surface area contributed by atoms with Crippen molar-refractivity contribution in [1.29, 1.82) is 0 Å². The molecule has 1 fully saturated rings. The average Bonchev–Trinajstić information content (AvgIpc) is 3.07. The molecule has 10 heteroatoms. The third-order valence-corrected chi connectivity index (χ3v) is 7.01. The van der Waals surface area contributed by atoms with Crippen LogP contribution in [0.25, 0.3) is 0 Å². The van der Waals surface area contributed by atoms with Crippen LogP contribution in [0.5, 0.6) is 0 Å². The van der Waals surface area contributed by atoms with Crippen molar-refractivity contribution in [3.63, 3.8) is 0 Å². The molecule has 0 aliphatic carbocycles. The van der Waals surface area contributed by atoms with Gasteiger partial charge < -0.3 is 14.8 Å². The second-order valence-electron chi connectivity index (χ2n) is 6.72. The van der Waals surface area contributed by atoms with Gasteiger partial charge in [0, 0.05) is 45.5 Å². The molecule has 1 saturated heterocycles. The van der Waals surface area contributed by atoms with Gasteiger partial charge in [-0.2, -0.15) is 0 Å². The van der Waals surface area contributed by atoms with Crippen molar-refractivity contribution in [1.82, 2.24) is 19.8 Å². The predicted octanol–water partition coefficient (Wildman–Crippen LogP) is 1.71. The van der Waals surface area contributed by atoms with Crippen molar-refractivity contribution in [2.45, 2.75) is 29.5 Å². The molecule has 7 nitrogen and oxygen atoms in total. The lowest BCUT2D eigenvalue weighted by molar-refractivity contribution is -0.134. The van der Waals surface area contributed by atoms with Crippen LogP contribution in [-0.2, 0) is 21.7 Å². The van der Waals surface area contributed by atoms with Gasteiger partial charge in [0.1, 0.15) is 17.7 Å². The molecule has 1 aromatic carbocycles. The van der Waals surface area contributed by atoms with Gasteiger partial charge >= 0.3 is 0 Å². The first-order valence-electron chi connectivity index (χ1n) is 8.77. The van der Waals surface area contributed by atoms with Gasteiger partial charge in [0.25, 0.3) is 0 Å². The monoisotopic (exact) mass is 430 g/mol. The number of rotatable bonds is 5. The highest BCUT2D eigenvalue weighted by atomic mass is 35.5. The Labute approximate surface area is 170 Å². The topological polar surface area (TPSA) is 84.3 Å². The highest BCUT2D eigenvalue weighted by molar-refractivity contribution is 7.92. The Bertz CT molecular complexity index is 917. The summed E-state index contributed by atoms with van der Waals surface area (Å²) in [6.07, 6.45) is 3.35. The minimum absolute atomic E-state index is 0. The quantitative estimate of drug-likeness (QED) is 0.730. The van der Waals surface area contributed by atoms with E-state index < -0.39 is 20.9 Å². The van der Waals surface area contributed by atoms with E-state index in [-0.39, 0.29) is 35.7 Å². The van der Waals surface area contributed by atoms with Crippen LogP contribution in [0.3, 0.4) is 0 Å². The molecule has 0 spiro atoms. The zero-order chi connectivity index (χ0) is 19.6. The average molecular weight is 431 g/mol. The highest BCUT2D eigenvalue weighted by Crippen LogP contribution is 2.24. The Morgan fingerprint density at radius 3 is 2.64 bits per heavy atom. The van der Waals surface area contributed by atoms with E-state index in [1.165, 1.54) is 19.1 Å². The van der Waals surface area contributed by atoms with E-state index in [0.717, 1.165) is 18.0 Å². The van der Waals surface area contributed by atoms with Gasteiger partial charge in [-0.05, 0) is 31.2 Å².